The standard InChI is InChI=1S/C17H19ClN2O4S/c1-12-3-6-15(19-17(21)9-10-24-2)11-16(12)25(22,23)20-14-7-4-13(18)5-8-14/h3-8,11,20H,9-10H2,1-2H3,(H,19,21). The van der Waals surface area contributed by atoms with Gasteiger partial charge in [0, 0.05) is 23.5 Å². The summed E-state index contributed by atoms with van der Waals surface area (Å²) in [5, 5.41) is 3.17. The Bertz CT molecular complexity index is 851. The minimum atomic E-state index is -3.80. The second kappa shape index (κ2) is 8.33. The quantitative estimate of drug-likeness (QED) is 0.768. The molecule has 0 bridgehead atoms. The molecule has 0 fully saturated rings. The average molecular weight is 383 g/mol. The fourth-order valence-corrected chi connectivity index (χ4v) is 3.57. The van der Waals surface area contributed by atoms with E-state index in [1.165, 1.54) is 13.2 Å². The lowest BCUT2D eigenvalue weighted by Crippen LogP contribution is -2.16. The number of sulfonamides is 1. The van der Waals surface area contributed by atoms with Crippen LogP contribution in [-0.4, -0.2) is 28.0 Å². The van der Waals surface area contributed by atoms with E-state index in [0.717, 1.165) is 0 Å². The lowest BCUT2D eigenvalue weighted by molar-refractivity contribution is -0.117. The summed E-state index contributed by atoms with van der Waals surface area (Å²) in [5.41, 5.74) is 1.37. The smallest absolute Gasteiger partial charge is 0.262 e. The number of carbonyl (C=O) groups is 1. The molecule has 0 aliphatic rings. The van der Waals surface area contributed by atoms with Crippen molar-refractivity contribution in [1.82, 2.24) is 0 Å². The SMILES string of the molecule is COCCC(=O)Nc1ccc(C)c(S(=O)(=O)Nc2ccc(Cl)cc2)c1. The Morgan fingerprint density at radius 3 is 2.40 bits per heavy atom. The molecule has 0 heterocycles. The van der Waals surface area contributed by atoms with E-state index in [4.69, 9.17) is 16.3 Å². The van der Waals surface area contributed by atoms with Crippen LogP contribution in [0.3, 0.4) is 0 Å². The summed E-state index contributed by atoms with van der Waals surface area (Å²) < 4.78 is 32.6. The Morgan fingerprint density at radius 1 is 1.12 bits per heavy atom. The molecule has 1 amide bonds. The fourth-order valence-electron chi connectivity index (χ4n) is 2.11. The van der Waals surface area contributed by atoms with Crippen molar-refractivity contribution < 1.29 is 17.9 Å². The Labute approximate surface area is 152 Å². The van der Waals surface area contributed by atoms with Gasteiger partial charge in [-0.2, -0.15) is 0 Å². The van der Waals surface area contributed by atoms with E-state index in [1.807, 2.05) is 0 Å². The van der Waals surface area contributed by atoms with E-state index in [2.05, 4.69) is 10.0 Å². The zero-order valence-electron chi connectivity index (χ0n) is 13.9. The maximum atomic E-state index is 12.6. The van der Waals surface area contributed by atoms with Crippen LogP contribution < -0.4 is 10.0 Å². The number of anilines is 2. The summed E-state index contributed by atoms with van der Waals surface area (Å²) in [6.07, 6.45) is 0.190. The zero-order valence-corrected chi connectivity index (χ0v) is 15.4. The van der Waals surface area contributed by atoms with Crippen LogP contribution in [0.2, 0.25) is 5.02 Å². The minimum absolute atomic E-state index is 0.0898. The molecule has 8 heteroatoms. The molecular formula is C17H19ClN2O4S. The van der Waals surface area contributed by atoms with E-state index in [9.17, 15) is 13.2 Å². The number of hydrogen-bond donors (Lipinski definition) is 2. The summed E-state index contributed by atoms with van der Waals surface area (Å²) in [5.74, 6) is -0.250. The third-order valence-corrected chi connectivity index (χ3v) is 5.17. The molecule has 0 atom stereocenters. The van der Waals surface area contributed by atoms with Gasteiger partial charge in [0.05, 0.1) is 17.9 Å². The number of nitrogens with one attached hydrogen (secondary N) is 2. The lowest BCUT2D eigenvalue weighted by atomic mass is 10.2. The van der Waals surface area contributed by atoms with Gasteiger partial charge in [0.25, 0.3) is 10.0 Å². The first-order valence-corrected chi connectivity index (χ1v) is 9.36. The van der Waals surface area contributed by atoms with E-state index >= 15 is 0 Å². The Morgan fingerprint density at radius 2 is 1.76 bits per heavy atom. The highest BCUT2D eigenvalue weighted by Gasteiger charge is 2.18. The normalized spacial score (nSPS) is 11.2. The predicted octanol–water partition coefficient (Wildman–Crippen LogP) is 3.42. The van der Waals surface area contributed by atoms with Gasteiger partial charge in [-0.1, -0.05) is 17.7 Å². The number of benzene rings is 2. The van der Waals surface area contributed by atoms with E-state index in [0.29, 0.717) is 28.6 Å². The first kappa shape index (κ1) is 19.2. The van der Waals surface area contributed by atoms with Crippen LogP contribution in [0, 0.1) is 6.92 Å². The van der Waals surface area contributed by atoms with Gasteiger partial charge in [-0.25, -0.2) is 8.42 Å². The summed E-state index contributed by atoms with van der Waals surface area (Å²) in [7, 11) is -2.29. The van der Waals surface area contributed by atoms with Gasteiger partial charge in [0.2, 0.25) is 5.91 Å². The van der Waals surface area contributed by atoms with Crippen molar-refractivity contribution in [3.05, 3.63) is 53.1 Å². The topological polar surface area (TPSA) is 84.5 Å². The number of amides is 1. The molecule has 0 aromatic heterocycles. The van der Waals surface area contributed by atoms with E-state index in [1.54, 1.807) is 43.3 Å². The van der Waals surface area contributed by atoms with Crippen LogP contribution in [0.5, 0.6) is 0 Å². The number of hydrogen-bond acceptors (Lipinski definition) is 4. The van der Waals surface area contributed by atoms with Crippen LogP contribution in [0.15, 0.2) is 47.4 Å². The van der Waals surface area contributed by atoms with Crippen molar-refractivity contribution in [2.24, 2.45) is 0 Å². The third-order valence-electron chi connectivity index (χ3n) is 3.39. The fraction of sp³-hybridized carbons (Fsp3) is 0.235. The number of ether oxygens (including phenoxy) is 1. The van der Waals surface area contributed by atoms with Gasteiger partial charge in [-0.3, -0.25) is 9.52 Å². The molecule has 0 aliphatic heterocycles. The van der Waals surface area contributed by atoms with E-state index < -0.39 is 10.0 Å². The molecule has 6 nitrogen and oxygen atoms in total. The van der Waals surface area contributed by atoms with Crippen LogP contribution >= 0.6 is 11.6 Å². The monoisotopic (exact) mass is 382 g/mol. The molecule has 2 aromatic rings. The predicted molar refractivity (Wildman–Crippen MR) is 98.6 cm³/mol. The largest absolute Gasteiger partial charge is 0.384 e. The molecule has 0 saturated heterocycles. The number of methoxy groups -OCH3 is 1. The zero-order chi connectivity index (χ0) is 18.4. The van der Waals surface area contributed by atoms with Crippen LogP contribution in [-0.2, 0) is 19.6 Å². The van der Waals surface area contributed by atoms with Crippen molar-refractivity contribution in [2.45, 2.75) is 18.2 Å². The van der Waals surface area contributed by atoms with Crippen molar-refractivity contribution >= 4 is 38.9 Å². The van der Waals surface area contributed by atoms with Gasteiger partial charge in [0.15, 0.2) is 0 Å². The molecule has 0 radical (unpaired) electrons. The second-order valence-corrected chi connectivity index (χ2v) is 7.47. The highest BCUT2D eigenvalue weighted by molar-refractivity contribution is 7.92. The maximum Gasteiger partial charge on any atom is 0.262 e. The molecule has 2 rings (SSSR count). The number of carbonyl (C=O) groups excluding carboxylic acids is 1. The lowest BCUT2D eigenvalue weighted by Gasteiger charge is -2.13. The third kappa shape index (κ3) is 5.45. The minimum Gasteiger partial charge on any atom is -0.384 e. The first-order chi connectivity index (χ1) is 11.8. The highest BCUT2D eigenvalue weighted by Crippen LogP contribution is 2.23. The summed E-state index contributed by atoms with van der Waals surface area (Å²) in [6.45, 7) is 1.98. The van der Waals surface area contributed by atoms with Crippen molar-refractivity contribution in [1.29, 1.82) is 0 Å². The maximum absolute atomic E-state index is 12.6. The number of halogens is 1. The molecule has 25 heavy (non-hydrogen) atoms. The Kier molecular flexibility index (Phi) is 6.41. The molecule has 0 saturated carbocycles. The van der Waals surface area contributed by atoms with Gasteiger partial charge in [-0.15, -0.1) is 0 Å². The van der Waals surface area contributed by atoms with Crippen molar-refractivity contribution in [2.75, 3.05) is 23.8 Å². The van der Waals surface area contributed by atoms with Crippen LogP contribution in [0.25, 0.3) is 0 Å². The number of aryl methyl sites for hydroxylation is 1. The van der Waals surface area contributed by atoms with Gasteiger partial charge in [0.1, 0.15) is 0 Å². The van der Waals surface area contributed by atoms with Gasteiger partial charge >= 0.3 is 0 Å². The molecular weight excluding hydrogens is 364 g/mol. The van der Waals surface area contributed by atoms with Crippen molar-refractivity contribution in [3.63, 3.8) is 0 Å². The first-order valence-electron chi connectivity index (χ1n) is 7.49. The second-order valence-electron chi connectivity index (χ2n) is 5.38. The van der Waals surface area contributed by atoms with Gasteiger partial charge in [-0.05, 0) is 48.9 Å². The molecule has 0 unspecified atom stereocenters. The summed E-state index contributed by atoms with van der Waals surface area (Å²) >= 11 is 5.80. The Balaban J connectivity index is 2.23. The van der Waals surface area contributed by atoms with Gasteiger partial charge < -0.3 is 10.1 Å². The summed E-state index contributed by atoms with van der Waals surface area (Å²) in [6, 6.07) is 11.1. The molecule has 0 aliphatic carbocycles. The highest BCUT2D eigenvalue weighted by atomic mass is 35.5. The Hall–Kier alpha value is -2.09. The summed E-state index contributed by atoms with van der Waals surface area (Å²) in [4.78, 5) is 11.9. The molecule has 0 spiro atoms. The molecule has 2 N–H and O–H groups in total. The molecule has 134 valence electrons. The number of rotatable bonds is 7. The average Bonchev–Trinajstić information content (AvgIpc) is 2.56. The van der Waals surface area contributed by atoms with Crippen molar-refractivity contribution in [3.8, 4) is 0 Å². The van der Waals surface area contributed by atoms with Crippen LogP contribution in [0.1, 0.15) is 12.0 Å². The molecule has 2 aromatic carbocycles. The van der Waals surface area contributed by atoms with E-state index in [-0.39, 0.29) is 17.2 Å². The van der Waals surface area contributed by atoms with Crippen LogP contribution in [0.4, 0.5) is 11.4 Å².